The average molecular weight is 383 g/mol. The van der Waals surface area contributed by atoms with E-state index in [1.165, 1.54) is 0 Å². The predicted molar refractivity (Wildman–Crippen MR) is 106 cm³/mol. The van der Waals surface area contributed by atoms with Gasteiger partial charge in [0.05, 0.1) is 7.11 Å². The smallest absolute Gasteiger partial charge is 0.348 e. The van der Waals surface area contributed by atoms with Gasteiger partial charge in [-0.05, 0) is 67.3 Å². The van der Waals surface area contributed by atoms with Gasteiger partial charge in [0.2, 0.25) is 0 Å². The minimum absolute atomic E-state index is 0.367. The molecule has 1 aliphatic rings. The molecule has 0 aliphatic carbocycles. The minimum Gasteiger partial charge on any atom is -0.497 e. The zero-order valence-corrected chi connectivity index (χ0v) is 16.6. The number of anilines is 1. The molecule has 0 radical (unpaired) electrons. The number of carbonyl (C=O) groups excluding carboxylic acids is 2. The van der Waals surface area contributed by atoms with Gasteiger partial charge in [-0.3, -0.25) is 4.79 Å². The van der Waals surface area contributed by atoms with Crippen LogP contribution in [0, 0.1) is 13.8 Å². The number of fused-ring (bicyclic) bond motifs is 1. The summed E-state index contributed by atoms with van der Waals surface area (Å²) in [5.41, 5.74) is 3.86. The molecule has 0 saturated carbocycles. The quantitative estimate of drug-likeness (QED) is 0.772. The standard InChI is InChI=1S/C22H25NO5/c1-5-18(21(24)23-16-6-8-17(26-4)9-7-16)28-22(25)20-12-15-10-13(2)14(3)11-19(15)27-20/h6-11,18,20H,5,12H2,1-4H3,(H,23,24). The van der Waals surface area contributed by atoms with Gasteiger partial charge in [0.25, 0.3) is 5.91 Å². The molecule has 148 valence electrons. The van der Waals surface area contributed by atoms with Crippen molar-refractivity contribution < 1.29 is 23.8 Å². The van der Waals surface area contributed by atoms with Crippen molar-refractivity contribution in [3.8, 4) is 11.5 Å². The third kappa shape index (κ3) is 4.27. The lowest BCUT2D eigenvalue weighted by Gasteiger charge is -2.18. The van der Waals surface area contributed by atoms with Crippen molar-refractivity contribution in [2.24, 2.45) is 0 Å². The summed E-state index contributed by atoms with van der Waals surface area (Å²) < 4.78 is 16.3. The van der Waals surface area contributed by atoms with Crippen molar-refractivity contribution in [2.45, 2.75) is 45.8 Å². The molecule has 0 bridgehead atoms. The maximum Gasteiger partial charge on any atom is 0.348 e. The van der Waals surface area contributed by atoms with Crippen LogP contribution in [-0.2, 0) is 20.7 Å². The van der Waals surface area contributed by atoms with Crippen molar-refractivity contribution >= 4 is 17.6 Å². The maximum absolute atomic E-state index is 12.5. The van der Waals surface area contributed by atoms with Crippen molar-refractivity contribution in [3.63, 3.8) is 0 Å². The molecule has 1 aliphatic heterocycles. The molecule has 0 aromatic heterocycles. The van der Waals surface area contributed by atoms with E-state index in [1.54, 1.807) is 38.3 Å². The molecule has 0 spiro atoms. The van der Waals surface area contributed by atoms with Gasteiger partial charge in [-0.25, -0.2) is 4.79 Å². The minimum atomic E-state index is -0.884. The number of hydrogen-bond acceptors (Lipinski definition) is 5. The highest BCUT2D eigenvalue weighted by atomic mass is 16.6. The second kappa shape index (κ2) is 8.33. The first-order valence-electron chi connectivity index (χ1n) is 9.33. The molecule has 0 saturated heterocycles. The van der Waals surface area contributed by atoms with E-state index < -0.39 is 18.2 Å². The Balaban J connectivity index is 1.60. The zero-order chi connectivity index (χ0) is 20.3. The molecule has 0 fully saturated rings. The van der Waals surface area contributed by atoms with Gasteiger partial charge in [0.15, 0.2) is 12.2 Å². The normalized spacial score (nSPS) is 15.9. The van der Waals surface area contributed by atoms with Crippen LogP contribution < -0.4 is 14.8 Å². The Labute approximate surface area is 164 Å². The molecule has 2 unspecified atom stereocenters. The Morgan fingerprint density at radius 1 is 1.18 bits per heavy atom. The van der Waals surface area contributed by atoms with E-state index in [4.69, 9.17) is 14.2 Å². The van der Waals surface area contributed by atoms with Crippen molar-refractivity contribution in [3.05, 3.63) is 53.1 Å². The van der Waals surface area contributed by atoms with E-state index in [0.29, 0.717) is 30.0 Å². The number of ether oxygens (including phenoxy) is 3. The number of benzene rings is 2. The molecule has 1 heterocycles. The van der Waals surface area contributed by atoms with Crippen LogP contribution in [0.15, 0.2) is 36.4 Å². The molecule has 6 nitrogen and oxygen atoms in total. The molecule has 3 rings (SSSR count). The number of amides is 1. The zero-order valence-electron chi connectivity index (χ0n) is 16.6. The first kappa shape index (κ1) is 19.7. The molecule has 28 heavy (non-hydrogen) atoms. The monoisotopic (exact) mass is 383 g/mol. The highest BCUT2D eigenvalue weighted by Crippen LogP contribution is 2.32. The molecule has 1 amide bonds. The molecule has 2 atom stereocenters. The number of carbonyl (C=O) groups is 2. The second-order valence-electron chi connectivity index (χ2n) is 6.91. The van der Waals surface area contributed by atoms with Crippen molar-refractivity contribution in [1.82, 2.24) is 0 Å². The third-order valence-electron chi connectivity index (χ3n) is 4.89. The summed E-state index contributed by atoms with van der Waals surface area (Å²) >= 11 is 0. The Kier molecular flexibility index (Phi) is 5.87. The van der Waals surface area contributed by atoms with Gasteiger partial charge in [-0.1, -0.05) is 13.0 Å². The van der Waals surface area contributed by atoms with Crippen LogP contribution in [-0.4, -0.2) is 31.2 Å². The van der Waals surface area contributed by atoms with Gasteiger partial charge in [0, 0.05) is 12.1 Å². The largest absolute Gasteiger partial charge is 0.497 e. The summed E-state index contributed by atoms with van der Waals surface area (Å²) in [5.74, 6) is 0.507. The second-order valence-corrected chi connectivity index (χ2v) is 6.91. The Bertz CT molecular complexity index is 844. The number of methoxy groups -OCH3 is 1. The van der Waals surface area contributed by atoms with Crippen molar-refractivity contribution in [1.29, 1.82) is 0 Å². The van der Waals surface area contributed by atoms with Crippen LogP contribution in [0.25, 0.3) is 0 Å². The lowest BCUT2D eigenvalue weighted by molar-refractivity contribution is -0.160. The van der Waals surface area contributed by atoms with Crippen LogP contribution in [0.4, 0.5) is 5.69 Å². The lowest BCUT2D eigenvalue weighted by atomic mass is 10.0. The average Bonchev–Trinajstić information content (AvgIpc) is 3.09. The summed E-state index contributed by atoms with van der Waals surface area (Å²) in [6.45, 7) is 5.82. The van der Waals surface area contributed by atoms with Crippen LogP contribution in [0.1, 0.15) is 30.0 Å². The topological polar surface area (TPSA) is 73.9 Å². The van der Waals surface area contributed by atoms with Crippen LogP contribution in [0.3, 0.4) is 0 Å². The number of rotatable bonds is 6. The highest BCUT2D eigenvalue weighted by molar-refractivity contribution is 5.95. The highest BCUT2D eigenvalue weighted by Gasteiger charge is 2.33. The van der Waals surface area contributed by atoms with Gasteiger partial charge in [0.1, 0.15) is 11.5 Å². The van der Waals surface area contributed by atoms with Gasteiger partial charge >= 0.3 is 5.97 Å². The molecule has 2 aromatic rings. The summed E-state index contributed by atoms with van der Waals surface area (Å²) in [7, 11) is 1.58. The summed E-state index contributed by atoms with van der Waals surface area (Å²) in [5, 5.41) is 2.76. The van der Waals surface area contributed by atoms with Crippen molar-refractivity contribution in [2.75, 3.05) is 12.4 Å². The van der Waals surface area contributed by atoms with Gasteiger partial charge < -0.3 is 19.5 Å². The summed E-state index contributed by atoms with van der Waals surface area (Å²) in [4.78, 5) is 25.0. The maximum atomic E-state index is 12.5. The fourth-order valence-corrected chi connectivity index (χ4v) is 3.08. The van der Waals surface area contributed by atoms with E-state index in [0.717, 1.165) is 16.7 Å². The molecular weight excluding hydrogens is 358 g/mol. The molecule has 1 N–H and O–H groups in total. The fraction of sp³-hybridized carbons (Fsp3) is 0.364. The van der Waals surface area contributed by atoms with Crippen LogP contribution in [0.5, 0.6) is 11.5 Å². The predicted octanol–water partition coefficient (Wildman–Crippen LogP) is 3.58. The van der Waals surface area contributed by atoms with Crippen LogP contribution >= 0.6 is 0 Å². The first-order chi connectivity index (χ1) is 13.4. The van der Waals surface area contributed by atoms with E-state index in [-0.39, 0.29) is 5.91 Å². The number of aryl methyl sites for hydroxylation is 2. The van der Waals surface area contributed by atoms with Crippen LogP contribution in [0.2, 0.25) is 0 Å². The SMILES string of the molecule is CCC(OC(=O)C1Cc2cc(C)c(C)cc2O1)C(=O)Nc1ccc(OC)cc1. The number of esters is 1. The summed E-state index contributed by atoms with van der Waals surface area (Å²) in [6.07, 6.45) is -0.790. The van der Waals surface area contributed by atoms with E-state index in [2.05, 4.69) is 5.32 Å². The molecular formula is C22H25NO5. The Hall–Kier alpha value is -3.02. The fourth-order valence-electron chi connectivity index (χ4n) is 3.08. The third-order valence-corrected chi connectivity index (χ3v) is 4.89. The number of nitrogens with one attached hydrogen (secondary N) is 1. The Morgan fingerprint density at radius 3 is 2.50 bits per heavy atom. The van der Waals surface area contributed by atoms with E-state index >= 15 is 0 Å². The van der Waals surface area contributed by atoms with E-state index in [1.807, 2.05) is 26.0 Å². The Morgan fingerprint density at radius 2 is 1.86 bits per heavy atom. The van der Waals surface area contributed by atoms with Gasteiger partial charge in [-0.15, -0.1) is 0 Å². The number of hydrogen-bond donors (Lipinski definition) is 1. The lowest BCUT2D eigenvalue weighted by Crippen LogP contribution is -2.37. The molecule has 6 heteroatoms. The van der Waals surface area contributed by atoms with Gasteiger partial charge in [-0.2, -0.15) is 0 Å². The molecule has 2 aromatic carbocycles. The first-order valence-corrected chi connectivity index (χ1v) is 9.33. The van der Waals surface area contributed by atoms with E-state index in [9.17, 15) is 9.59 Å². The summed E-state index contributed by atoms with van der Waals surface area (Å²) in [6, 6.07) is 10.9.